The molecule has 1 aliphatic rings. The van der Waals surface area contributed by atoms with Crippen LogP contribution in [0.15, 0.2) is 12.3 Å². The number of hydrogen-bond acceptors (Lipinski definition) is 3. The van der Waals surface area contributed by atoms with E-state index in [2.05, 4.69) is 42.3 Å². The van der Waals surface area contributed by atoms with Gasteiger partial charge in [-0.2, -0.15) is 5.10 Å². The molecule has 0 aliphatic carbocycles. The van der Waals surface area contributed by atoms with E-state index in [1.807, 2.05) is 10.9 Å². The summed E-state index contributed by atoms with van der Waals surface area (Å²) in [7, 11) is 2.22. The lowest BCUT2D eigenvalue weighted by Gasteiger charge is -2.32. The number of hydrogen-bond donors (Lipinski definition) is 1. The van der Waals surface area contributed by atoms with E-state index in [0.717, 1.165) is 12.4 Å². The number of piperidine rings is 1. The molecule has 0 amide bonds. The van der Waals surface area contributed by atoms with Crippen LogP contribution in [0.25, 0.3) is 0 Å². The van der Waals surface area contributed by atoms with Gasteiger partial charge < -0.3 is 10.2 Å². The van der Waals surface area contributed by atoms with E-state index in [9.17, 15) is 0 Å². The predicted molar refractivity (Wildman–Crippen MR) is 71.4 cm³/mol. The van der Waals surface area contributed by atoms with Gasteiger partial charge in [0.25, 0.3) is 0 Å². The number of nitrogens with zero attached hydrogens (tertiary/aromatic N) is 3. The molecule has 1 N–H and O–H groups in total. The van der Waals surface area contributed by atoms with Gasteiger partial charge in [0.1, 0.15) is 5.82 Å². The van der Waals surface area contributed by atoms with Crippen LogP contribution in [0.4, 0.5) is 5.82 Å². The van der Waals surface area contributed by atoms with Gasteiger partial charge >= 0.3 is 0 Å². The Morgan fingerprint density at radius 1 is 1.47 bits per heavy atom. The number of likely N-dealkylation sites (N-methyl/N-ethyl adjacent to an activating group) is 1. The molecule has 0 radical (unpaired) electrons. The Morgan fingerprint density at radius 2 is 2.29 bits per heavy atom. The first-order valence-corrected chi connectivity index (χ1v) is 6.66. The van der Waals surface area contributed by atoms with Crippen LogP contribution in [0.2, 0.25) is 0 Å². The Morgan fingerprint density at radius 3 is 2.94 bits per heavy atom. The molecule has 1 aliphatic heterocycles. The second-order valence-corrected chi connectivity index (χ2v) is 5.29. The maximum atomic E-state index is 4.51. The van der Waals surface area contributed by atoms with E-state index in [4.69, 9.17) is 0 Å². The van der Waals surface area contributed by atoms with Gasteiger partial charge in [0, 0.05) is 30.9 Å². The molecule has 2 rings (SSSR count). The van der Waals surface area contributed by atoms with E-state index >= 15 is 0 Å². The monoisotopic (exact) mass is 236 g/mol. The zero-order chi connectivity index (χ0) is 12.3. The molecule has 2 heterocycles. The summed E-state index contributed by atoms with van der Waals surface area (Å²) in [5.41, 5.74) is 0. The highest BCUT2D eigenvalue weighted by atomic mass is 15.3. The second-order valence-electron chi connectivity index (χ2n) is 5.29. The van der Waals surface area contributed by atoms with Gasteiger partial charge in [0.2, 0.25) is 0 Å². The van der Waals surface area contributed by atoms with E-state index in [1.165, 1.54) is 25.8 Å². The van der Waals surface area contributed by atoms with Crippen LogP contribution in [-0.4, -0.2) is 40.9 Å². The third-order valence-electron chi connectivity index (χ3n) is 3.58. The SMILES string of the molecule is CC(C)n1ccc(NCC2CCCCN2C)n1. The van der Waals surface area contributed by atoms with Crippen molar-refractivity contribution in [3.05, 3.63) is 12.3 Å². The summed E-state index contributed by atoms with van der Waals surface area (Å²) >= 11 is 0. The van der Waals surface area contributed by atoms with Crippen LogP contribution in [0, 0.1) is 0 Å². The molecule has 0 spiro atoms. The van der Waals surface area contributed by atoms with E-state index in [-0.39, 0.29) is 0 Å². The number of aromatic nitrogens is 2. The Bertz CT molecular complexity index is 345. The fourth-order valence-corrected chi connectivity index (χ4v) is 2.34. The van der Waals surface area contributed by atoms with E-state index in [1.54, 1.807) is 0 Å². The van der Waals surface area contributed by atoms with Crippen LogP contribution in [0.3, 0.4) is 0 Å². The highest BCUT2D eigenvalue weighted by Crippen LogP contribution is 2.16. The summed E-state index contributed by atoms with van der Waals surface area (Å²) in [6.07, 6.45) is 6.04. The van der Waals surface area contributed by atoms with Crippen molar-refractivity contribution in [3.63, 3.8) is 0 Å². The molecule has 4 nitrogen and oxygen atoms in total. The highest BCUT2D eigenvalue weighted by molar-refractivity contribution is 5.32. The molecule has 1 atom stereocenters. The number of rotatable bonds is 4. The smallest absolute Gasteiger partial charge is 0.148 e. The zero-order valence-corrected chi connectivity index (χ0v) is 11.2. The maximum absolute atomic E-state index is 4.51. The van der Waals surface area contributed by atoms with Crippen LogP contribution >= 0.6 is 0 Å². The average molecular weight is 236 g/mol. The van der Waals surface area contributed by atoms with Gasteiger partial charge in [-0.05, 0) is 40.3 Å². The van der Waals surface area contributed by atoms with Crippen molar-refractivity contribution in [2.75, 3.05) is 25.5 Å². The van der Waals surface area contributed by atoms with Crippen molar-refractivity contribution in [1.29, 1.82) is 0 Å². The quantitative estimate of drug-likeness (QED) is 0.871. The summed E-state index contributed by atoms with van der Waals surface area (Å²) < 4.78 is 1.99. The minimum Gasteiger partial charge on any atom is -0.367 e. The van der Waals surface area contributed by atoms with Crippen LogP contribution in [-0.2, 0) is 0 Å². The predicted octanol–water partition coefficient (Wildman–Crippen LogP) is 2.36. The van der Waals surface area contributed by atoms with Crippen LogP contribution in [0.1, 0.15) is 39.2 Å². The van der Waals surface area contributed by atoms with Crippen molar-refractivity contribution in [2.24, 2.45) is 0 Å². The summed E-state index contributed by atoms with van der Waals surface area (Å²) in [5.74, 6) is 0.998. The molecular formula is C13H24N4. The molecule has 1 aromatic heterocycles. The molecule has 4 heteroatoms. The normalized spacial score (nSPS) is 22.0. The van der Waals surface area contributed by atoms with Gasteiger partial charge in [0.15, 0.2) is 0 Å². The lowest BCUT2D eigenvalue weighted by Crippen LogP contribution is -2.40. The third-order valence-corrected chi connectivity index (χ3v) is 3.58. The topological polar surface area (TPSA) is 33.1 Å². The van der Waals surface area contributed by atoms with Crippen molar-refractivity contribution in [2.45, 2.75) is 45.2 Å². The minimum absolute atomic E-state index is 0.433. The Labute approximate surface area is 104 Å². The fraction of sp³-hybridized carbons (Fsp3) is 0.769. The molecule has 96 valence electrons. The lowest BCUT2D eigenvalue weighted by atomic mass is 10.0. The number of likely N-dealkylation sites (tertiary alicyclic amines) is 1. The van der Waals surface area contributed by atoms with E-state index in [0.29, 0.717) is 12.1 Å². The van der Waals surface area contributed by atoms with Crippen molar-refractivity contribution >= 4 is 5.82 Å². The van der Waals surface area contributed by atoms with Crippen LogP contribution in [0.5, 0.6) is 0 Å². The first kappa shape index (κ1) is 12.4. The van der Waals surface area contributed by atoms with Gasteiger partial charge in [-0.15, -0.1) is 0 Å². The maximum Gasteiger partial charge on any atom is 0.148 e. The van der Waals surface area contributed by atoms with Gasteiger partial charge in [-0.3, -0.25) is 4.68 Å². The average Bonchev–Trinajstić information content (AvgIpc) is 2.77. The Hall–Kier alpha value is -1.03. The van der Waals surface area contributed by atoms with Crippen molar-refractivity contribution < 1.29 is 0 Å². The first-order chi connectivity index (χ1) is 8.16. The standard InChI is InChI=1S/C13H24N4/c1-11(2)17-9-7-13(15-17)14-10-12-6-4-5-8-16(12)3/h7,9,11-12H,4-6,8,10H2,1-3H3,(H,14,15). The third kappa shape index (κ3) is 3.22. The molecule has 17 heavy (non-hydrogen) atoms. The molecule has 0 bridgehead atoms. The Balaban J connectivity index is 1.84. The first-order valence-electron chi connectivity index (χ1n) is 6.66. The Kier molecular flexibility index (Phi) is 4.05. The molecule has 1 fully saturated rings. The second kappa shape index (κ2) is 5.54. The van der Waals surface area contributed by atoms with Gasteiger partial charge in [-0.25, -0.2) is 0 Å². The fourth-order valence-electron chi connectivity index (χ4n) is 2.34. The summed E-state index contributed by atoms with van der Waals surface area (Å²) in [5, 5.41) is 7.95. The molecule has 1 aromatic rings. The summed E-state index contributed by atoms with van der Waals surface area (Å²) in [6.45, 7) is 6.52. The van der Waals surface area contributed by atoms with Gasteiger partial charge in [0.05, 0.1) is 0 Å². The summed E-state index contributed by atoms with van der Waals surface area (Å²) in [4.78, 5) is 2.45. The molecule has 1 saturated heterocycles. The van der Waals surface area contributed by atoms with Gasteiger partial charge in [-0.1, -0.05) is 6.42 Å². The van der Waals surface area contributed by atoms with E-state index < -0.39 is 0 Å². The largest absolute Gasteiger partial charge is 0.367 e. The zero-order valence-electron chi connectivity index (χ0n) is 11.2. The minimum atomic E-state index is 0.433. The highest BCUT2D eigenvalue weighted by Gasteiger charge is 2.18. The summed E-state index contributed by atoms with van der Waals surface area (Å²) in [6, 6.07) is 3.15. The van der Waals surface area contributed by atoms with Crippen LogP contribution < -0.4 is 5.32 Å². The van der Waals surface area contributed by atoms with Crippen molar-refractivity contribution in [1.82, 2.24) is 14.7 Å². The molecule has 0 saturated carbocycles. The molecule has 1 unspecified atom stereocenters. The lowest BCUT2D eigenvalue weighted by molar-refractivity contribution is 0.194. The molecular weight excluding hydrogens is 212 g/mol. The number of anilines is 1. The van der Waals surface area contributed by atoms with Crippen molar-refractivity contribution in [3.8, 4) is 0 Å². The number of nitrogens with one attached hydrogen (secondary N) is 1. The molecule has 0 aromatic carbocycles.